The summed E-state index contributed by atoms with van der Waals surface area (Å²) >= 11 is 1.67. The van der Waals surface area contributed by atoms with Gasteiger partial charge in [0.05, 0.1) is 0 Å². The van der Waals surface area contributed by atoms with Gasteiger partial charge < -0.3 is 5.32 Å². The molecule has 1 N–H and O–H groups in total. The minimum Gasteiger partial charge on any atom is -0.355 e. The van der Waals surface area contributed by atoms with E-state index in [1.807, 2.05) is 41.8 Å². The maximum absolute atomic E-state index is 11.4. The van der Waals surface area contributed by atoms with E-state index >= 15 is 0 Å². The Balaban J connectivity index is 2.39. The van der Waals surface area contributed by atoms with Gasteiger partial charge in [0.1, 0.15) is 0 Å². The Morgan fingerprint density at radius 3 is 2.80 bits per heavy atom. The molecule has 2 nitrogen and oxygen atoms in total. The van der Waals surface area contributed by atoms with Crippen LogP contribution in [0.5, 0.6) is 0 Å². The van der Waals surface area contributed by atoms with Gasteiger partial charge >= 0.3 is 0 Å². The summed E-state index contributed by atoms with van der Waals surface area (Å²) in [5.41, 5.74) is 1.79. The Morgan fingerprint density at radius 1 is 1.27 bits per heavy atom. The highest BCUT2D eigenvalue weighted by molar-refractivity contribution is 7.13. The Labute approximate surface area is 92.6 Å². The Kier molecular flexibility index (Phi) is 2.83. The first-order valence-corrected chi connectivity index (χ1v) is 5.55. The molecule has 0 saturated carbocycles. The average Bonchev–Trinajstić information content (AvgIpc) is 2.82. The molecule has 0 fully saturated rings. The lowest BCUT2D eigenvalue weighted by atomic mass is 10.1. The molecule has 1 aromatic heterocycles. The molecule has 1 heterocycles. The lowest BCUT2D eigenvalue weighted by Crippen LogP contribution is -2.17. The summed E-state index contributed by atoms with van der Waals surface area (Å²) in [7, 11) is 1.64. The lowest BCUT2D eigenvalue weighted by Gasteiger charge is -2.02. The van der Waals surface area contributed by atoms with Crippen LogP contribution < -0.4 is 5.32 Å². The zero-order valence-corrected chi connectivity index (χ0v) is 9.17. The molecule has 0 atom stereocenters. The highest BCUT2D eigenvalue weighted by Gasteiger charge is 2.04. The fourth-order valence-corrected chi connectivity index (χ4v) is 2.12. The summed E-state index contributed by atoms with van der Waals surface area (Å²) in [5.74, 6) is -0.0478. The molecule has 0 saturated heterocycles. The Morgan fingerprint density at radius 2 is 2.13 bits per heavy atom. The molecule has 2 aromatic rings. The first-order chi connectivity index (χ1) is 7.31. The summed E-state index contributed by atoms with van der Waals surface area (Å²) in [5, 5.41) is 4.65. The molecule has 0 aliphatic rings. The molecule has 1 amide bonds. The van der Waals surface area contributed by atoms with Crippen molar-refractivity contribution in [2.45, 2.75) is 0 Å². The highest BCUT2D eigenvalue weighted by Crippen LogP contribution is 2.25. The van der Waals surface area contributed by atoms with E-state index in [1.165, 1.54) is 4.88 Å². The van der Waals surface area contributed by atoms with Gasteiger partial charge in [-0.05, 0) is 29.1 Å². The number of carbonyl (C=O) groups is 1. The molecule has 15 heavy (non-hydrogen) atoms. The fourth-order valence-electron chi connectivity index (χ4n) is 1.40. The van der Waals surface area contributed by atoms with E-state index in [0.29, 0.717) is 5.56 Å². The quantitative estimate of drug-likeness (QED) is 0.823. The molecule has 0 aliphatic heterocycles. The summed E-state index contributed by atoms with van der Waals surface area (Å²) < 4.78 is 0. The van der Waals surface area contributed by atoms with Gasteiger partial charge in [0.25, 0.3) is 5.91 Å². The lowest BCUT2D eigenvalue weighted by molar-refractivity contribution is 0.0963. The van der Waals surface area contributed by atoms with Crippen molar-refractivity contribution in [3.8, 4) is 10.4 Å². The van der Waals surface area contributed by atoms with Crippen molar-refractivity contribution in [2.75, 3.05) is 7.05 Å². The van der Waals surface area contributed by atoms with Crippen LogP contribution in [-0.2, 0) is 0 Å². The summed E-state index contributed by atoms with van der Waals surface area (Å²) in [6, 6.07) is 11.7. The zero-order chi connectivity index (χ0) is 10.7. The number of hydrogen-bond donors (Lipinski definition) is 1. The van der Waals surface area contributed by atoms with Crippen molar-refractivity contribution in [3.63, 3.8) is 0 Å². The van der Waals surface area contributed by atoms with E-state index < -0.39 is 0 Å². The van der Waals surface area contributed by atoms with E-state index in [1.54, 1.807) is 18.4 Å². The highest BCUT2D eigenvalue weighted by atomic mass is 32.1. The number of rotatable bonds is 2. The monoisotopic (exact) mass is 217 g/mol. The van der Waals surface area contributed by atoms with Crippen LogP contribution in [0.25, 0.3) is 10.4 Å². The van der Waals surface area contributed by atoms with E-state index in [4.69, 9.17) is 0 Å². The van der Waals surface area contributed by atoms with Gasteiger partial charge in [-0.3, -0.25) is 4.79 Å². The van der Waals surface area contributed by atoms with Gasteiger partial charge in [-0.2, -0.15) is 0 Å². The van der Waals surface area contributed by atoms with Gasteiger partial charge in [-0.1, -0.05) is 18.2 Å². The number of nitrogens with one attached hydrogen (secondary N) is 1. The number of carbonyl (C=O) groups excluding carboxylic acids is 1. The van der Waals surface area contributed by atoms with E-state index in [0.717, 1.165) is 5.56 Å². The second kappa shape index (κ2) is 4.28. The van der Waals surface area contributed by atoms with E-state index in [9.17, 15) is 4.79 Å². The molecular formula is C12H11NOS. The van der Waals surface area contributed by atoms with Crippen molar-refractivity contribution in [2.24, 2.45) is 0 Å². The smallest absolute Gasteiger partial charge is 0.251 e. The number of thiophene rings is 1. The maximum atomic E-state index is 11.4. The number of benzene rings is 1. The molecule has 0 spiro atoms. The maximum Gasteiger partial charge on any atom is 0.251 e. The van der Waals surface area contributed by atoms with Crippen molar-refractivity contribution in [1.82, 2.24) is 5.32 Å². The van der Waals surface area contributed by atoms with Gasteiger partial charge in [-0.15, -0.1) is 11.3 Å². The average molecular weight is 217 g/mol. The topological polar surface area (TPSA) is 29.1 Å². The fraction of sp³-hybridized carbons (Fsp3) is 0.0833. The summed E-state index contributed by atoms with van der Waals surface area (Å²) in [6.07, 6.45) is 0. The predicted octanol–water partition coefficient (Wildman–Crippen LogP) is 2.77. The van der Waals surface area contributed by atoms with Crippen molar-refractivity contribution < 1.29 is 4.79 Å². The van der Waals surface area contributed by atoms with Crippen molar-refractivity contribution in [3.05, 3.63) is 47.3 Å². The van der Waals surface area contributed by atoms with Crippen LogP contribution >= 0.6 is 11.3 Å². The third-order valence-corrected chi connectivity index (χ3v) is 3.08. The molecule has 0 aliphatic carbocycles. The van der Waals surface area contributed by atoms with Gasteiger partial charge in [0, 0.05) is 17.5 Å². The van der Waals surface area contributed by atoms with Crippen molar-refractivity contribution >= 4 is 17.2 Å². The molecule has 76 valence electrons. The van der Waals surface area contributed by atoms with Crippen LogP contribution in [0.3, 0.4) is 0 Å². The normalized spacial score (nSPS) is 9.93. The minimum atomic E-state index is -0.0478. The molecule has 0 bridgehead atoms. The minimum absolute atomic E-state index is 0.0478. The van der Waals surface area contributed by atoms with Gasteiger partial charge in [0.15, 0.2) is 0 Å². The summed E-state index contributed by atoms with van der Waals surface area (Å²) in [4.78, 5) is 12.6. The predicted molar refractivity (Wildman–Crippen MR) is 63.1 cm³/mol. The molecule has 0 unspecified atom stereocenters. The van der Waals surface area contributed by atoms with E-state index in [-0.39, 0.29) is 5.91 Å². The van der Waals surface area contributed by atoms with Crippen LogP contribution in [0.1, 0.15) is 10.4 Å². The van der Waals surface area contributed by atoms with Gasteiger partial charge in [0.2, 0.25) is 0 Å². The third kappa shape index (κ3) is 2.07. The third-order valence-electron chi connectivity index (χ3n) is 2.16. The first-order valence-electron chi connectivity index (χ1n) is 4.67. The number of amides is 1. The molecule has 1 aromatic carbocycles. The second-order valence-corrected chi connectivity index (χ2v) is 4.08. The first kappa shape index (κ1) is 9.93. The summed E-state index contributed by atoms with van der Waals surface area (Å²) in [6.45, 7) is 0. The Bertz CT molecular complexity index is 462. The second-order valence-electron chi connectivity index (χ2n) is 3.14. The van der Waals surface area contributed by atoms with E-state index in [2.05, 4.69) is 5.32 Å². The van der Waals surface area contributed by atoms with Crippen LogP contribution in [0.4, 0.5) is 0 Å². The molecule has 0 radical (unpaired) electrons. The largest absolute Gasteiger partial charge is 0.355 e. The Hall–Kier alpha value is -1.61. The molecular weight excluding hydrogens is 206 g/mol. The van der Waals surface area contributed by atoms with Crippen LogP contribution in [0.15, 0.2) is 41.8 Å². The van der Waals surface area contributed by atoms with Gasteiger partial charge in [-0.25, -0.2) is 0 Å². The van der Waals surface area contributed by atoms with Crippen LogP contribution in [0.2, 0.25) is 0 Å². The zero-order valence-electron chi connectivity index (χ0n) is 8.36. The standard InChI is InChI=1S/C12H11NOS/c1-13-12(14)10-5-2-4-9(8-10)11-6-3-7-15-11/h2-8H,1H3,(H,13,14). The SMILES string of the molecule is CNC(=O)c1cccc(-c2cccs2)c1. The molecule has 2 rings (SSSR count). The van der Waals surface area contributed by atoms with Crippen LogP contribution in [-0.4, -0.2) is 13.0 Å². The van der Waals surface area contributed by atoms with Crippen molar-refractivity contribution in [1.29, 1.82) is 0 Å². The number of hydrogen-bond acceptors (Lipinski definition) is 2. The van der Waals surface area contributed by atoms with Crippen LogP contribution in [0, 0.1) is 0 Å². The molecule has 3 heteroatoms.